The Morgan fingerprint density at radius 3 is 2.94 bits per heavy atom. The van der Waals surface area contributed by atoms with E-state index in [-0.39, 0.29) is 5.54 Å². The first kappa shape index (κ1) is 13.6. The van der Waals surface area contributed by atoms with Crippen molar-refractivity contribution in [2.24, 2.45) is 18.7 Å². The molecule has 18 heavy (non-hydrogen) atoms. The monoisotopic (exact) mass is 249 g/mol. The van der Waals surface area contributed by atoms with Crippen molar-refractivity contribution in [2.75, 3.05) is 0 Å². The van der Waals surface area contributed by atoms with Crippen LogP contribution < -0.4 is 5.73 Å². The second-order valence-electron chi connectivity index (χ2n) is 6.01. The lowest BCUT2D eigenvalue weighted by atomic mass is 9.85. The molecule has 102 valence electrons. The van der Waals surface area contributed by atoms with Gasteiger partial charge in [0, 0.05) is 24.5 Å². The lowest BCUT2D eigenvalue weighted by Crippen LogP contribution is -2.39. The summed E-state index contributed by atoms with van der Waals surface area (Å²) >= 11 is 0. The molecule has 1 aromatic rings. The van der Waals surface area contributed by atoms with E-state index >= 15 is 0 Å². The number of nitrogens with two attached hydrogens (primary N) is 1. The van der Waals surface area contributed by atoms with Crippen LogP contribution in [0.5, 0.6) is 0 Å². The summed E-state index contributed by atoms with van der Waals surface area (Å²) < 4.78 is 1.97. The Balaban J connectivity index is 1.89. The minimum absolute atomic E-state index is 0.0637. The molecular formula is C15H27N3. The fourth-order valence-electron chi connectivity index (χ4n) is 3.19. The van der Waals surface area contributed by atoms with E-state index in [1.807, 2.05) is 17.9 Å². The zero-order valence-corrected chi connectivity index (χ0v) is 11.9. The predicted octanol–water partition coefficient (Wildman–Crippen LogP) is 3.04. The van der Waals surface area contributed by atoms with Gasteiger partial charge in [0.25, 0.3) is 0 Å². The largest absolute Gasteiger partial charge is 0.325 e. The van der Waals surface area contributed by atoms with Gasteiger partial charge in [0.05, 0.1) is 0 Å². The molecule has 1 saturated carbocycles. The molecule has 2 rings (SSSR count). The Bertz CT molecular complexity index is 372. The summed E-state index contributed by atoms with van der Waals surface area (Å²) in [5.41, 5.74) is 7.98. The van der Waals surface area contributed by atoms with Gasteiger partial charge < -0.3 is 5.73 Å². The minimum Gasteiger partial charge on any atom is -0.325 e. The van der Waals surface area contributed by atoms with Crippen molar-refractivity contribution in [2.45, 2.75) is 63.8 Å². The van der Waals surface area contributed by atoms with Gasteiger partial charge in [0.15, 0.2) is 0 Å². The molecular weight excluding hydrogens is 222 g/mol. The fourth-order valence-corrected chi connectivity index (χ4v) is 3.19. The Labute approximate surface area is 111 Å². The molecule has 0 bridgehead atoms. The van der Waals surface area contributed by atoms with E-state index < -0.39 is 0 Å². The average Bonchev–Trinajstić information content (AvgIpc) is 2.66. The van der Waals surface area contributed by atoms with Gasteiger partial charge in [0.1, 0.15) is 0 Å². The Hall–Kier alpha value is -0.830. The molecule has 1 aliphatic carbocycles. The quantitative estimate of drug-likeness (QED) is 0.834. The number of hydrogen-bond donors (Lipinski definition) is 1. The maximum absolute atomic E-state index is 6.61. The minimum atomic E-state index is 0.0637. The summed E-state index contributed by atoms with van der Waals surface area (Å²) in [6, 6.07) is 2.11. The standard InChI is InChI=1S/C15H27N3/c1-3-13-5-4-9-15(16,10-6-13)11-7-14-8-12-17-18(14)2/h8,12-13H,3-7,9-11,16H2,1-2H3. The van der Waals surface area contributed by atoms with Crippen LogP contribution in [0.15, 0.2) is 12.3 Å². The molecule has 1 fully saturated rings. The molecule has 1 heterocycles. The van der Waals surface area contributed by atoms with Crippen LogP contribution >= 0.6 is 0 Å². The molecule has 0 radical (unpaired) electrons. The Morgan fingerprint density at radius 1 is 1.44 bits per heavy atom. The molecule has 3 nitrogen and oxygen atoms in total. The van der Waals surface area contributed by atoms with Crippen molar-refractivity contribution in [1.82, 2.24) is 9.78 Å². The zero-order valence-electron chi connectivity index (χ0n) is 11.9. The number of aryl methyl sites for hydroxylation is 2. The topological polar surface area (TPSA) is 43.8 Å². The molecule has 0 saturated heterocycles. The van der Waals surface area contributed by atoms with E-state index in [2.05, 4.69) is 18.1 Å². The summed E-state index contributed by atoms with van der Waals surface area (Å²) in [5, 5.41) is 4.22. The third-order valence-corrected chi connectivity index (χ3v) is 4.72. The summed E-state index contributed by atoms with van der Waals surface area (Å²) in [6.07, 6.45) is 11.7. The van der Waals surface area contributed by atoms with E-state index in [1.54, 1.807) is 0 Å². The second-order valence-corrected chi connectivity index (χ2v) is 6.01. The first-order chi connectivity index (χ1) is 8.63. The van der Waals surface area contributed by atoms with Crippen molar-refractivity contribution in [3.8, 4) is 0 Å². The zero-order chi connectivity index (χ0) is 13.0. The predicted molar refractivity (Wildman–Crippen MR) is 75.3 cm³/mol. The molecule has 2 unspecified atom stereocenters. The van der Waals surface area contributed by atoms with Gasteiger partial charge in [-0.05, 0) is 44.1 Å². The van der Waals surface area contributed by atoms with Crippen LogP contribution in [0, 0.1) is 5.92 Å². The van der Waals surface area contributed by atoms with E-state index in [0.717, 1.165) is 18.8 Å². The van der Waals surface area contributed by atoms with Crippen molar-refractivity contribution in [3.05, 3.63) is 18.0 Å². The Morgan fingerprint density at radius 2 is 2.28 bits per heavy atom. The first-order valence-electron chi connectivity index (χ1n) is 7.39. The van der Waals surface area contributed by atoms with Gasteiger partial charge in [-0.15, -0.1) is 0 Å². The van der Waals surface area contributed by atoms with E-state index in [4.69, 9.17) is 5.73 Å². The summed E-state index contributed by atoms with van der Waals surface area (Å²) in [7, 11) is 2.01. The highest BCUT2D eigenvalue weighted by molar-refractivity contribution is 5.02. The lowest BCUT2D eigenvalue weighted by Gasteiger charge is -2.28. The molecule has 1 aromatic heterocycles. The van der Waals surface area contributed by atoms with E-state index in [0.29, 0.717) is 0 Å². The third-order valence-electron chi connectivity index (χ3n) is 4.72. The number of nitrogens with zero attached hydrogens (tertiary/aromatic N) is 2. The molecule has 2 atom stereocenters. The molecule has 0 aliphatic heterocycles. The van der Waals surface area contributed by atoms with Gasteiger partial charge in [0.2, 0.25) is 0 Å². The molecule has 0 spiro atoms. The van der Waals surface area contributed by atoms with Crippen molar-refractivity contribution >= 4 is 0 Å². The van der Waals surface area contributed by atoms with Gasteiger partial charge >= 0.3 is 0 Å². The number of aromatic nitrogens is 2. The third kappa shape index (κ3) is 3.35. The van der Waals surface area contributed by atoms with Crippen molar-refractivity contribution in [3.63, 3.8) is 0 Å². The van der Waals surface area contributed by atoms with Gasteiger partial charge in [-0.3, -0.25) is 4.68 Å². The highest BCUT2D eigenvalue weighted by atomic mass is 15.2. The molecule has 0 aromatic carbocycles. The van der Waals surface area contributed by atoms with Crippen LogP contribution in [0.3, 0.4) is 0 Å². The van der Waals surface area contributed by atoms with E-state index in [1.165, 1.54) is 44.2 Å². The maximum Gasteiger partial charge on any atom is 0.0492 e. The normalized spacial score (nSPS) is 29.2. The highest BCUT2D eigenvalue weighted by Crippen LogP contribution is 2.33. The molecule has 1 aliphatic rings. The summed E-state index contributed by atoms with van der Waals surface area (Å²) in [4.78, 5) is 0. The van der Waals surface area contributed by atoms with Crippen LogP contribution in [0.4, 0.5) is 0 Å². The van der Waals surface area contributed by atoms with Crippen LogP contribution in [0.25, 0.3) is 0 Å². The van der Waals surface area contributed by atoms with Gasteiger partial charge in [-0.1, -0.05) is 26.2 Å². The van der Waals surface area contributed by atoms with Gasteiger partial charge in [-0.25, -0.2) is 0 Å². The lowest BCUT2D eigenvalue weighted by molar-refractivity contribution is 0.335. The molecule has 3 heteroatoms. The number of rotatable bonds is 4. The maximum atomic E-state index is 6.61. The molecule has 2 N–H and O–H groups in total. The number of hydrogen-bond acceptors (Lipinski definition) is 2. The smallest absolute Gasteiger partial charge is 0.0492 e. The fraction of sp³-hybridized carbons (Fsp3) is 0.800. The summed E-state index contributed by atoms with van der Waals surface area (Å²) in [5.74, 6) is 0.909. The van der Waals surface area contributed by atoms with Crippen LogP contribution in [0.1, 0.15) is 57.6 Å². The van der Waals surface area contributed by atoms with Crippen molar-refractivity contribution in [1.29, 1.82) is 0 Å². The molecule has 0 amide bonds. The van der Waals surface area contributed by atoms with Crippen LogP contribution in [-0.4, -0.2) is 15.3 Å². The second kappa shape index (κ2) is 5.87. The Kier molecular flexibility index (Phi) is 4.44. The summed E-state index contributed by atoms with van der Waals surface area (Å²) in [6.45, 7) is 2.31. The van der Waals surface area contributed by atoms with Crippen LogP contribution in [-0.2, 0) is 13.5 Å². The van der Waals surface area contributed by atoms with Gasteiger partial charge in [-0.2, -0.15) is 5.10 Å². The highest BCUT2D eigenvalue weighted by Gasteiger charge is 2.28. The van der Waals surface area contributed by atoms with Crippen LogP contribution in [0.2, 0.25) is 0 Å². The van der Waals surface area contributed by atoms with E-state index in [9.17, 15) is 0 Å². The first-order valence-corrected chi connectivity index (χ1v) is 7.39. The van der Waals surface area contributed by atoms with Crippen molar-refractivity contribution < 1.29 is 0 Å². The SMILES string of the molecule is CCC1CCCC(N)(CCc2ccnn2C)CC1. The average molecular weight is 249 g/mol.